The van der Waals surface area contributed by atoms with E-state index in [4.69, 9.17) is 0 Å². The number of hydrogen-bond donors (Lipinski definition) is 0. The molecular formula is C7H6F2OS. The van der Waals surface area contributed by atoms with Gasteiger partial charge in [0.2, 0.25) is 0 Å². The van der Waals surface area contributed by atoms with Crippen LogP contribution in [0.2, 0.25) is 0 Å². The van der Waals surface area contributed by atoms with E-state index in [9.17, 15) is 13.6 Å². The van der Waals surface area contributed by atoms with Gasteiger partial charge in [-0.15, -0.1) is 11.3 Å². The van der Waals surface area contributed by atoms with Crippen molar-refractivity contribution >= 4 is 17.6 Å². The molecule has 0 aliphatic rings. The molecule has 0 N–H and O–H groups in total. The van der Waals surface area contributed by atoms with E-state index in [1.54, 1.807) is 13.0 Å². The van der Waals surface area contributed by atoms with Gasteiger partial charge in [0, 0.05) is 4.88 Å². The van der Waals surface area contributed by atoms with Crippen LogP contribution in [0.15, 0.2) is 12.1 Å². The fraction of sp³-hybridized carbons (Fsp3) is 0.286. The molecule has 0 aliphatic heterocycles. The van der Waals surface area contributed by atoms with E-state index >= 15 is 0 Å². The number of alkyl halides is 2. The van der Waals surface area contributed by atoms with Crippen LogP contribution in [-0.2, 0) is 10.7 Å². The van der Waals surface area contributed by atoms with Crippen molar-refractivity contribution < 1.29 is 13.6 Å². The lowest BCUT2D eigenvalue weighted by atomic mass is 10.3. The van der Waals surface area contributed by atoms with Crippen LogP contribution in [-0.4, -0.2) is 6.29 Å². The Morgan fingerprint density at radius 1 is 1.55 bits per heavy atom. The molecule has 4 heteroatoms. The molecule has 0 bridgehead atoms. The van der Waals surface area contributed by atoms with Gasteiger partial charge in [-0.3, -0.25) is 4.79 Å². The highest BCUT2D eigenvalue weighted by atomic mass is 32.1. The lowest BCUT2D eigenvalue weighted by Gasteiger charge is -2.03. The van der Waals surface area contributed by atoms with Gasteiger partial charge in [-0.25, -0.2) is 0 Å². The van der Waals surface area contributed by atoms with Crippen molar-refractivity contribution in [2.45, 2.75) is 12.8 Å². The van der Waals surface area contributed by atoms with E-state index < -0.39 is 5.92 Å². The first-order valence-corrected chi connectivity index (χ1v) is 3.79. The van der Waals surface area contributed by atoms with Crippen LogP contribution in [0.1, 0.15) is 9.75 Å². The van der Waals surface area contributed by atoms with Gasteiger partial charge in [0.05, 0.1) is 4.88 Å². The van der Waals surface area contributed by atoms with Crippen molar-refractivity contribution in [3.05, 3.63) is 21.9 Å². The maximum atomic E-state index is 12.5. The summed E-state index contributed by atoms with van der Waals surface area (Å²) < 4.78 is 25.1. The summed E-state index contributed by atoms with van der Waals surface area (Å²) in [5.41, 5.74) is 0. The van der Waals surface area contributed by atoms with Crippen LogP contribution in [0, 0.1) is 6.92 Å². The Labute approximate surface area is 66.7 Å². The number of halogens is 2. The molecule has 0 saturated heterocycles. The van der Waals surface area contributed by atoms with E-state index in [-0.39, 0.29) is 11.2 Å². The van der Waals surface area contributed by atoms with E-state index in [0.717, 1.165) is 16.2 Å². The van der Waals surface area contributed by atoms with Gasteiger partial charge >= 0.3 is 5.92 Å². The van der Waals surface area contributed by atoms with E-state index in [1.807, 2.05) is 0 Å². The van der Waals surface area contributed by atoms with Crippen molar-refractivity contribution in [3.63, 3.8) is 0 Å². The second kappa shape index (κ2) is 2.70. The zero-order chi connectivity index (χ0) is 8.48. The number of aldehydes is 1. The monoisotopic (exact) mass is 176 g/mol. The third-order valence-electron chi connectivity index (χ3n) is 1.22. The molecule has 0 radical (unpaired) electrons. The SMILES string of the molecule is Cc1ccc(C(F)(F)C=O)s1. The lowest BCUT2D eigenvalue weighted by molar-refractivity contribution is -0.129. The fourth-order valence-electron chi connectivity index (χ4n) is 0.672. The zero-order valence-electron chi connectivity index (χ0n) is 5.80. The van der Waals surface area contributed by atoms with Gasteiger partial charge in [0.15, 0.2) is 6.29 Å². The first kappa shape index (κ1) is 8.33. The number of thiophene rings is 1. The standard InChI is InChI=1S/C7H6F2OS/c1-5-2-3-6(11-5)7(8,9)4-10/h2-4H,1H3. The number of rotatable bonds is 2. The Balaban J connectivity index is 3.01. The minimum absolute atomic E-state index is 0.190. The summed E-state index contributed by atoms with van der Waals surface area (Å²) >= 11 is 0.938. The van der Waals surface area contributed by atoms with Gasteiger partial charge in [-0.05, 0) is 19.1 Å². The summed E-state index contributed by atoms with van der Waals surface area (Å²) in [6.45, 7) is 1.72. The number of carbonyl (C=O) groups is 1. The van der Waals surface area contributed by atoms with Gasteiger partial charge in [-0.2, -0.15) is 8.78 Å². The maximum absolute atomic E-state index is 12.5. The minimum Gasteiger partial charge on any atom is -0.296 e. The van der Waals surface area contributed by atoms with Crippen molar-refractivity contribution in [2.24, 2.45) is 0 Å². The van der Waals surface area contributed by atoms with Crippen LogP contribution in [0.4, 0.5) is 8.78 Å². The van der Waals surface area contributed by atoms with Crippen molar-refractivity contribution in [1.29, 1.82) is 0 Å². The normalized spacial score (nSPS) is 11.5. The molecular weight excluding hydrogens is 170 g/mol. The third kappa shape index (κ3) is 1.63. The molecule has 1 heterocycles. The summed E-state index contributed by atoms with van der Waals surface area (Å²) in [5.74, 6) is -3.31. The second-order valence-corrected chi connectivity index (χ2v) is 3.44. The van der Waals surface area contributed by atoms with Crippen LogP contribution >= 0.6 is 11.3 Å². The fourth-order valence-corrected chi connectivity index (χ4v) is 1.47. The highest BCUT2D eigenvalue weighted by Gasteiger charge is 2.32. The molecule has 1 aromatic rings. The largest absolute Gasteiger partial charge is 0.336 e. The Kier molecular flexibility index (Phi) is 2.04. The smallest absolute Gasteiger partial charge is 0.296 e. The zero-order valence-corrected chi connectivity index (χ0v) is 6.62. The Morgan fingerprint density at radius 3 is 2.55 bits per heavy atom. The summed E-state index contributed by atoms with van der Waals surface area (Å²) in [6.07, 6.45) is -0.335. The molecule has 1 rings (SSSR count). The molecule has 0 aliphatic carbocycles. The molecule has 0 fully saturated rings. The molecule has 0 unspecified atom stereocenters. The van der Waals surface area contributed by atoms with E-state index in [2.05, 4.69) is 0 Å². The molecule has 0 aromatic carbocycles. The summed E-state index contributed by atoms with van der Waals surface area (Å²) in [4.78, 5) is 10.5. The third-order valence-corrected chi connectivity index (χ3v) is 2.30. The molecule has 0 saturated carbocycles. The number of carbonyl (C=O) groups excluding carboxylic acids is 1. The average molecular weight is 176 g/mol. The maximum Gasteiger partial charge on any atom is 0.336 e. The molecule has 1 aromatic heterocycles. The molecule has 11 heavy (non-hydrogen) atoms. The Bertz CT molecular complexity index is 267. The first-order chi connectivity index (χ1) is 5.06. The van der Waals surface area contributed by atoms with Gasteiger partial charge in [0.1, 0.15) is 0 Å². The summed E-state index contributed by atoms with van der Waals surface area (Å²) in [6, 6.07) is 2.84. The molecule has 0 amide bonds. The van der Waals surface area contributed by atoms with E-state index in [1.165, 1.54) is 6.07 Å². The predicted molar refractivity (Wildman–Crippen MR) is 39.0 cm³/mol. The van der Waals surface area contributed by atoms with Crippen molar-refractivity contribution in [2.75, 3.05) is 0 Å². The van der Waals surface area contributed by atoms with Crippen LogP contribution < -0.4 is 0 Å². The topological polar surface area (TPSA) is 17.1 Å². The predicted octanol–water partition coefficient (Wildman–Crippen LogP) is 2.35. The van der Waals surface area contributed by atoms with Gasteiger partial charge in [0.25, 0.3) is 0 Å². The molecule has 60 valence electrons. The Morgan fingerprint density at radius 2 is 2.18 bits per heavy atom. The highest BCUT2D eigenvalue weighted by molar-refractivity contribution is 7.12. The average Bonchev–Trinajstić information content (AvgIpc) is 2.36. The van der Waals surface area contributed by atoms with Crippen LogP contribution in [0.5, 0.6) is 0 Å². The number of aryl methyl sites for hydroxylation is 1. The molecule has 0 spiro atoms. The minimum atomic E-state index is -3.31. The Hall–Kier alpha value is -0.770. The van der Waals surface area contributed by atoms with Crippen LogP contribution in [0.3, 0.4) is 0 Å². The molecule has 0 atom stereocenters. The number of hydrogen-bond acceptors (Lipinski definition) is 2. The lowest BCUT2D eigenvalue weighted by Crippen LogP contribution is -2.12. The van der Waals surface area contributed by atoms with Crippen LogP contribution in [0.25, 0.3) is 0 Å². The first-order valence-electron chi connectivity index (χ1n) is 2.97. The quantitative estimate of drug-likeness (QED) is 0.632. The second-order valence-electron chi connectivity index (χ2n) is 2.15. The van der Waals surface area contributed by atoms with Gasteiger partial charge < -0.3 is 0 Å². The highest BCUT2D eigenvalue weighted by Crippen LogP contribution is 2.31. The summed E-state index contributed by atoms with van der Waals surface area (Å²) in [5, 5.41) is 0. The summed E-state index contributed by atoms with van der Waals surface area (Å²) in [7, 11) is 0. The van der Waals surface area contributed by atoms with Crippen molar-refractivity contribution in [3.8, 4) is 0 Å². The molecule has 1 nitrogen and oxygen atoms in total. The van der Waals surface area contributed by atoms with E-state index in [0.29, 0.717) is 0 Å². The van der Waals surface area contributed by atoms with Crippen molar-refractivity contribution in [1.82, 2.24) is 0 Å². The van der Waals surface area contributed by atoms with Gasteiger partial charge in [-0.1, -0.05) is 0 Å².